The van der Waals surface area contributed by atoms with Gasteiger partial charge in [0.25, 0.3) is 0 Å². The molecule has 0 aliphatic rings. The molecule has 0 bridgehead atoms. The van der Waals surface area contributed by atoms with Gasteiger partial charge in [-0.3, -0.25) is 0 Å². The minimum Gasteiger partial charge on any atom is -0.306 e. The quantitative estimate of drug-likeness (QED) is 0.872. The average molecular weight is 253 g/mol. The second-order valence-corrected chi connectivity index (χ2v) is 4.65. The van der Waals surface area contributed by atoms with Crippen LogP contribution >= 0.6 is 11.3 Å². The van der Waals surface area contributed by atoms with Gasteiger partial charge in [-0.05, 0) is 35.4 Å². The number of thiophene rings is 1. The minimum atomic E-state index is -0.799. The Hall–Kier alpha value is -1.26. The smallest absolute Gasteiger partial charge is 0.163 e. The third-order valence-corrected chi connectivity index (χ3v) is 3.37. The maximum atomic E-state index is 13.4. The molecule has 1 aromatic heterocycles. The SMILES string of the molecule is CC(NCc1cccc(F)c1F)c1ccsc1. The van der Waals surface area contributed by atoms with E-state index < -0.39 is 11.6 Å². The van der Waals surface area contributed by atoms with E-state index in [9.17, 15) is 8.78 Å². The highest BCUT2D eigenvalue weighted by Gasteiger charge is 2.09. The molecule has 0 spiro atoms. The van der Waals surface area contributed by atoms with Crippen molar-refractivity contribution in [3.8, 4) is 0 Å². The van der Waals surface area contributed by atoms with Gasteiger partial charge in [-0.15, -0.1) is 0 Å². The Kier molecular flexibility index (Phi) is 3.86. The van der Waals surface area contributed by atoms with Crippen molar-refractivity contribution in [3.05, 3.63) is 57.8 Å². The molecule has 1 nitrogen and oxygen atoms in total. The molecular weight excluding hydrogens is 240 g/mol. The van der Waals surface area contributed by atoms with Gasteiger partial charge in [-0.2, -0.15) is 11.3 Å². The summed E-state index contributed by atoms with van der Waals surface area (Å²) in [4.78, 5) is 0. The second kappa shape index (κ2) is 5.38. The Bertz CT molecular complexity index is 482. The molecule has 0 radical (unpaired) electrons. The third kappa shape index (κ3) is 2.90. The van der Waals surface area contributed by atoms with E-state index in [0.29, 0.717) is 12.1 Å². The van der Waals surface area contributed by atoms with E-state index in [1.807, 2.05) is 23.8 Å². The lowest BCUT2D eigenvalue weighted by atomic mass is 10.1. The summed E-state index contributed by atoms with van der Waals surface area (Å²) >= 11 is 1.62. The van der Waals surface area contributed by atoms with Gasteiger partial charge < -0.3 is 5.32 Å². The summed E-state index contributed by atoms with van der Waals surface area (Å²) in [7, 11) is 0. The number of benzene rings is 1. The molecule has 1 atom stereocenters. The standard InChI is InChI=1S/C13H13F2NS/c1-9(11-5-6-17-8-11)16-7-10-3-2-4-12(14)13(10)15/h2-6,8-9,16H,7H2,1H3. The van der Waals surface area contributed by atoms with Crippen LogP contribution in [0.15, 0.2) is 35.0 Å². The molecule has 0 aliphatic carbocycles. The maximum absolute atomic E-state index is 13.4. The van der Waals surface area contributed by atoms with E-state index in [0.717, 1.165) is 11.6 Å². The summed E-state index contributed by atoms with van der Waals surface area (Å²) in [5.74, 6) is -1.56. The van der Waals surface area contributed by atoms with Gasteiger partial charge in [-0.1, -0.05) is 12.1 Å². The van der Waals surface area contributed by atoms with Crippen LogP contribution in [0.25, 0.3) is 0 Å². The molecule has 0 saturated carbocycles. The Balaban J connectivity index is 2.00. The fourth-order valence-corrected chi connectivity index (χ4v) is 2.34. The molecule has 0 aliphatic heterocycles. The van der Waals surface area contributed by atoms with Crippen molar-refractivity contribution in [2.45, 2.75) is 19.5 Å². The number of hydrogen-bond donors (Lipinski definition) is 1. The van der Waals surface area contributed by atoms with Gasteiger partial charge in [-0.25, -0.2) is 8.78 Å². The highest BCUT2D eigenvalue weighted by atomic mass is 32.1. The molecule has 2 aromatic rings. The minimum absolute atomic E-state index is 0.129. The average Bonchev–Trinajstić information content (AvgIpc) is 2.84. The number of nitrogens with one attached hydrogen (secondary N) is 1. The lowest BCUT2D eigenvalue weighted by molar-refractivity contribution is 0.485. The molecule has 0 amide bonds. The fourth-order valence-electron chi connectivity index (χ4n) is 1.59. The van der Waals surface area contributed by atoms with E-state index in [1.54, 1.807) is 17.4 Å². The van der Waals surface area contributed by atoms with Crippen LogP contribution in [-0.2, 0) is 6.54 Å². The number of hydrogen-bond acceptors (Lipinski definition) is 2. The van der Waals surface area contributed by atoms with Crippen molar-refractivity contribution >= 4 is 11.3 Å². The van der Waals surface area contributed by atoms with Crippen LogP contribution in [0.5, 0.6) is 0 Å². The zero-order chi connectivity index (χ0) is 12.3. The summed E-state index contributed by atoms with van der Waals surface area (Å²) in [5, 5.41) is 7.21. The normalized spacial score (nSPS) is 12.6. The highest BCUT2D eigenvalue weighted by molar-refractivity contribution is 7.07. The van der Waals surface area contributed by atoms with Gasteiger partial charge >= 0.3 is 0 Å². The third-order valence-electron chi connectivity index (χ3n) is 2.67. The molecule has 0 saturated heterocycles. The fraction of sp³-hybridized carbons (Fsp3) is 0.231. The van der Waals surface area contributed by atoms with Crippen LogP contribution in [-0.4, -0.2) is 0 Å². The molecule has 1 aromatic carbocycles. The highest BCUT2D eigenvalue weighted by Crippen LogP contribution is 2.17. The van der Waals surface area contributed by atoms with Crippen molar-refractivity contribution in [2.75, 3.05) is 0 Å². The Morgan fingerprint density at radius 1 is 1.29 bits per heavy atom. The molecule has 1 N–H and O–H groups in total. The molecule has 1 unspecified atom stereocenters. The second-order valence-electron chi connectivity index (χ2n) is 3.87. The van der Waals surface area contributed by atoms with E-state index in [1.165, 1.54) is 6.07 Å². The predicted octanol–water partition coefficient (Wildman–Crippen LogP) is 3.88. The van der Waals surface area contributed by atoms with Crippen LogP contribution in [0.4, 0.5) is 8.78 Å². The lowest BCUT2D eigenvalue weighted by Crippen LogP contribution is -2.18. The largest absolute Gasteiger partial charge is 0.306 e. The van der Waals surface area contributed by atoms with Gasteiger partial charge in [0, 0.05) is 18.2 Å². The lowest BCUT2D eigenvalue weighted by Gasteiger charge is -2.13. The van der Waals surface area contributed by atoms with E-state index in [2.05, 4.69) is 5.32 Å². The predicted molar refractivity (Wildman–Crippen MR) is 65.9 cm³/mol. The first kappa shape index (κ1) is 12.2. The molecule has 4 heteroatoms. The van der Waals surface area contributed by atoms with E-state index in [4.69, 9.17) is 0 Å². The molecule has 2 rings (SSSR count). The first-order valence-electron chi connectivity index (χ1n) is 5.37. The van der Waals surface area contributed by atoms with Crippen LogP contribution in [0.2, 0.25) is 0 Å². The van der Waals surface area contributed by atoms with Gasteiger partial charge in [0.15, 0.2) is 11.6 Å². The van der Waals surface area contributed by atoms with Crippen molar-refractivity contribution in [2.24, 2.45) is 0 Å². The summed E-state index contributed by atoms with van der Waals surface area (Å²) in [6, 6.07) is 6.38. The zero-order valence-electron chi connectivity index (χ0n) is 9.41. The van der Waals surface area contributed by atoms with Crippen molar-refractivity contribution in [1.82, 2.24) is 5.32 Å². The first-order chi connectivity index (χ1) is 8.18. The summed E-state index contributed by atoms with van der Waals surface area (Å²) in [6.45, 7) is 2.32. The molecular formula is C13H13F2NS. The summed E-state index contributed by atoms with van der Waals surface area (Å²) in [5.41, 5.74) is 1.51. The Labute approximate surface area is 103 Å². The topological polar surface area (TPSA) is 12.0 Å². The van der Waals surface area contributed by atoms with Crippen LogP contribution in [0.1, 0.15) is 24.1 Å². The number of rotatable bonds is 4. The van der Waals surface area contributed by atoms with Crippen LogP contribution < -0.4 is 5.32 Å². The van der Waals surface area contributed by atoms with E-state index >= 15 is 0 Å². The van der Waals surface area contributed by atoms with Gasteiger partial charge in [0.1, 0.15) is 0 Å². The molecule has 1 heterocycles. The van der Waals surface area contributed by atoms with Crippen molar-refractivity contribution in [3.63, 3.8) is 0 Å². The van der Waals surface area contributed by atoms with E-state index in [-0.39, 0.29) is 6.04 Å². The summed E-state index contributed by atoms with van der Waals surface area (Å²) in [6.07, 6.45) is 0. The number of halogens is 2. The van der Waals surface area contributed by atoms with Gasteiger partial charge in [0.05, 0.1) is 0 Å². The maximum Gasteiger partial charge on any atom is 0.163 e. The Morgan fingerprint density at radius 2 is 2.12 bits per heavy atom. The Morgan fingerprint density at radius 3 is 2.82 bits per heavy atom. The molecule has 0 fully saturated rings. The van der Waals surface area contributed by atoms with Crippen LogP contribution in [0, 0.1) is 11.6 Å². The first-order valence-corrected chi connectivity index (χ1v) is 6.31. The van der Waals surface area contributed by atoms with Crippen molar-refractivity contribution in [1.29, 1.82) is 0 Å². The van der Waals surface area contributed by atoms with Crippen molar-refractivity contribution < 1.29 is 8.78 Å². The van der Waals surface area contributed by atoms with Gasteiger partial charge in [0.2, 0.25) is 0 Å². The van der Waals surface area contributed by atoms with Crippen LogP contribution in [0.3, 0.4) is 0 Å². The summed E-state index contributed by atoms with van der Waals surface area (Å²) < 4.78 is 26.4. The molecule has 90 valence electrons. The zero-order valence-corrected chi connectivity index (χ0v) is 10.2. The monoisotopic (exact) mass is 253 g/mol. The molecule has 17 heavy (non-hydrogen) atoms.